The molecule has 0 aliphatic heterocycles. The monoisotopic (exact) mass is 123 g/mol. The Bertz CT molecular complexity index is 253. The second kappa shape index (κ2) is 2.18. The predicted octanol–water partition coefficient (Wildman–Crippen LogP) is 0.487. The number of hydrogen-bond acceptors (Lipinski definition) is 3. The summed E-state index contributed by atoms with van der Waals surface area (Å²) in [7, 11) is 0. The number of aromatic nitrogens is 2. The van der Waals surface area contributed by atoms with Crippen molar-refractivity contribution in [2.24, 2.45) is 0 Å². The smallest absolute Gasteiger partial charge is 0.227 e. The summed E-state index contributed by atoms with van der Waals surface area (Å²) in [5.41, 5.74) is 0. The molecular weight excluding hydrogens is 121 g/mol. The van der Waals surface area contributed by atoms with Crippen molar-refractivity contribution in [3.63, 3.8) is 0 Å². The lowest BCUT2D eigenvalue weighted by Crippen LogP contribution is -1.89. The first-order chi connectivity index (χ1) is 4.33. The maximum absolute atomic E-state index is 12.1. The molecule has 0 aliphatic carbocycles. The van der Waals surface area contributed by atoms with Gasteiger partial charge in [0.2, 0.25) is 11.8 Å². The van der Waals surface area contributed by atoms with Gasteiger partial charge in [-0.05, 0) is 0 Å². The van der Waals surface area contributed by atoms with Crippen molar-refractivity contribution in [3.8, 4) is 6.07 Å². The lowest BCUT2D eigenvalue weighted by molar-refractivity contribution is 0.577. The third-order valence-corrected chi connectivity index (χ3v) is 0.722. The quantitative estimate of drug-likeness (QED) is 0.471. The Balaban J connectivity index is 3.12. The van der Waals surface area contributed by atoms with E-state index in [2.05, 4.69) is 9.97 Å². The third kappa shape index (κ3) is 1.19. The molecule has 0 fully saturated rings. The van der Waals surface area contributed by atoms with Crippen LogP contribution >= 0.6 is 0 Å². The Labute approximate surface area is 50.8 Å². The van der Waals surface area contributed by atoms with Crippen molar-refractivity contribution in [1.29, 1.82) is 5.26 Å². The Morgan fingerprint density at radius 2 is 2.44 bits per heavy atom. The van der Waals surface area contributed by atoms with Crippen LogP contribution < -0.4 is 0 Å². The fourth-order valence-electron chi connectivity index (χ4n) is 0.391. The highest BCUT2D eigenvalue weighted by Gasteiger charge is 1.92. The topological polar surface area (TPSA) is 49.6 Å². The van der Waals surface area contributed by atoms with Gasteiger partial charge in [-0.1, -0.05) is 0 Å². The highest BCUT2D eigenvalue weighted by atomic mass is 19.1. The van der Waals surface area contributed by atoms with Gasteiger partial charge in [-0.25, -0.2) is 4.98 Å². The standard InChI is InChI=1S/C5H2FN3/c6-4-1-2-8-5(3-7)9-4/h1-2H. The van der Waals surface area contributed by atoms with E-state index >= 15 is 0 Å². The van der Waals surface area contributed by atoms with E-state index in [9.17, 15) is 4.39 Å². The molecule has 0 amide bonds. The van der Waals surface area contributed by atoms with Crippen LogP contribution in [-0.2, 0) is 0 Å². The van der Waals surface area contributed by atoms with Crippen LogP contribution in [0.4, 0.5) is 4.39 Å². The zero-order chi connectivity index (χ0) is 6.69. The van der Waals surface area contributed by atoms with Crippen molar-refractivity contribution in [1.82, 2.24) is 9.97 Å². The van der Waals surface area contributed by atoms with E-state index in [0.29, 0.717) is 0 Å². The Kier molecular flexibility index (Phi) is 1.36. The van der Waals surface area contributed by atoms with Crippen molar-refractivity contribution in [3.05, 3.63) is 24.0 Å². The van der Waals surface area contributed by atoms with E-state index in [4.69, 9.17) is 5.26 Å². The lowest BCUT2D eigenvalue weighted by Gasteiger charge is -1.83. The van der Waals surface area contributed by atoms with Gasteiger partial charge in [-0.3, -0.25) is 0 Å². The number of hydrogen-bond donors (Lipinski definition) is 0. The minimum Gasteiger partial charge on any atom is -0.227 e. The molecule has 0 spiro atoms. The number of nitriles is 1. The van der Waals surface area contributed by atoms with Crippen LogP contribution in [-0.4, -0.2) is 9.97 Å². The largest absolute Gasteiger partial charge is 0.234 e. The molecule has 44 valence electrons. The second-order valence-electron chi connectivity index (χ2n) is 1.31. The summed E-state index contributed by atoms with van der Waals surface area (Å²) in [5.74, 6) is -0.823. The molecule has 0 N–H and O–H groups in total. The highest BCUT2D eigenvalue weighted by Crippen LogP contribution is 1.89. The maximum Gasteiger partial charge on any atom is 0.234 e. The van der Waals surface area contributed by atoms with Gasteiger partial charge in [0.25, 0.3) is 0 Å². The maximum atomic E-state index is 12.1. The molecule has 0 radical (unpaired) electrons. The molecule has 1 aromatic rings. The molecule has 3 nitrogen and oxygen atoms in total. The van der Waals surface area contributed by atoms with Gasteiger partial charge in [0.05, 0.1) is 0 Å². The van der Waals surface area contributed by atoms with Crippen LogP contribution in [0.25, 0.3) is 0 Å². The summed E-state index contributed by atoms with van der Waals surface area (Å²) in [6, 6.07) is 2.69. The van der Waals surface area contributed by atoms with Gasteiger partial charge in [0, 0.05) is 12.3 Å². The summed E-state index contributed by atoms with van der Waals surface area (Å²) in [5, 5.41) is 8.12. The fourth-order valence-corrected chi connectivity index (χ4v) is 0.391. The number of nitrogens with zero attached hydrogens (tertiary/aromatic N) is 3. The zero-order valence-electron chi connectivity index (χ0n) is 4.37. The van der Waals surface area contributed by atoms with Gasteiger partial charge < -0.3 is 0 Å². The van der Waals surface area contributed by atoms with Gasteiger partial charge in [0.1, 0.15) is 6.07 Å². The lowest BCUT2D eigenvalue weighted by atomic mass is 10.6. The van der Waals surface area contributed by atoms with Crippen LogP contribution in [0.2, 0.25) is 0 Å². The molecule has 0 bridgehead atoms. The molecule has 1 rings (SSSR count). The molecule has 9 heavy (non-hydrogen) atoms. The van der Waals surface area contributed by atoms with Gasteiger partial charge >= 0.3 is 0 Å². The van der Waals surface area contributed by atoms with Crippen molar-refractivity contribution in [2.75, 3.05) is 0 Å². The Hall–Kier alpha value is -1.50. The minimum atomic E-state index is -0.679. The summed E-state index contributed by atoms with van der Waals surface area (Å²) >= 11 is 0. The molecule has 0 atom stereocenters. The summed E-state index contributed by atoms with van der Waals surface area (Å²) in [6.45, 7) is 0. The van der Waals surface area contributed by atoms with Crippen molar-refractivity contribution < 1.29 is 4.39 Å². The van der Waals surface area contributed by atoms with E-state index in [1.54, 1.807) is 6.07 Å². The molecule has 1 aromatic heterocycles. The van der Waals surface area contributed by atoms with E-state index in [0.717, 1.165) is 6.07 Å². The first kappa shape index (κ1) is 5.63. The van der Waals surface area contributed by atoms with Crippen LogP contribution in [0.5, 0.6) is 0 Å². The molecule has 0 saturated heterocycles. The van der Waals surface area contributed by atoms with Crippen LogP contribution in [0.3, 0.4) is 0 Å². The van der Waals surface area contributed by atoms with Crippen LogP contribution in [0, 0.1) is 17.3 Å². The SMILES string of the molecule is N#Cc1nccc(F)n1. The summed E-state index contributed by atoms with van der Waals surface area (Å²) in [6.07, 6.45) is 1.20. The first-order valence-electron chi connectivity index (χ1n) is 2.21. The Morgan fingerprint density at radius 1 is 1.67 bits per heavy atom. The van der Waals surface area contributed by atoms with Crippen LogP contribution in [0.1, 0.15) is 5.82 Å². The third-order valence-electron chi connectivity index (χ3n) is 0.722. The van der Waals surface area contributed by atoms with E-state index < -0.39 is 5.95 Å². The van der Waals surface area contributed by atoms with Gasteiger partial charge in [0.15, 0.2) is 0 Å². The predicted molar refractivity (Wildman–Crippen MR) is 26.7 cm³/mol. The van der Waals surface area contributed by atoms with E-state index in [1.165, 1.54) is 6.20 Å². The van der Waals surface area contributed by atoms with E-state index in [1.807, 2.05) is 0 Å². The van der Waals surface area contributed by atoms with Gasteiger partial charge in [-0.2, -0.15) is 14.6 Å². The van der Waals surface area contributed by atoms with Crippen molar-refractivity contribution >= 4 is 0 Å². The highest BCUT2D eigenvalue weighted by molar-refractivity contribution is 5.07. The molecule has 0 unspecified atom stereocenters. The number of halogens is 1. The molecule has 0 aliphatic rings. The molecule has 4 heteroatoms. The molecular formula is C5H2FN3. The minimum absolute atomic E-state index is 0.144. The second-order valence-corrected chi connectivity index (χ2v) is 1.31. The molecule has 0 aromatic carbocycles. The Morgan fingerprint density at radius 3 is 2.89 bits per heavy atom. The van der Waals surface area contributed by atoms with Gasteiger partial charge in [-0.15, -0.1) is 0 Å². The first-order valence-corrected chi connectivity index (χ1v) is 2.21. The fraction of sp³-hybridized carbons (Fsp3) is 0. The average Bonchev–Trinajstić information content (AvgIpc) is 1.88. The summed E-state index contributed by atoms with van der Waals surface area (Å²) < 4.78 is 12.1. The number of rotatable bonds is 0. The normalized spacial score (nSPS) is 8.44. The van der Waals surface area contributed by atoms with Crippen molar-refractivity contribution in [2.45, 2.75) is 0 Å². The molecule has 0 saturated carbocycles. The average molecular weight is 123 g/mol. The van der Waals surface area contributed by atoms with E-state index in [-0.39, 0.29) is 5.82 Å². The van der Waals surface area contributed by atoms with Crippen LogP contribution in [0.15, 0.2) is 12.3 Å². The molecule has 1 heterocycles. The summed E-state index contributed by atoms with van der Waals surface area (Å²) in [4.78, 5) is 6.60. The zero-order valence-corrected chi connectivity index (χ0v) is 4.37.